The van der Waals surface area contributed by atoms with E-state index in [0.717, 1.165) is 5.56 Å². The lowest BCUT2D eigenvalue weighted by atomic mass is 9.94. The Labute approximate surface area is 197 Å². The van der Waals surface area contributed by atoms with Crippen molar-refractivity contribution in [2.45, 2.75) is 58.6 Å². The molecule has 0 spiro atoms. The molecule has 1 heterocycles. The number of alkyl halides is 6. The number of hydrogen-bond acceptors (Lipinski definition) is 2. The number of amides is 2. The number of anilines is 1. The highest BCUT2D eigenvalue weighted by Crippen LogP contribution is 2.41. The molecule has 0 saturated heterocycles. The molecule has 0 saturated carbocycles. The standard InChI is InChI=1S/C24H24F6N2O3/c1-13-6-7-19-20(5-4-8-31(22(34)35)21(19)14(13)2)32(15(3)33)12-16-9-17(23(25,26)27)11-18(10-16)24(28,29)30/h6-7,9-11,20H,4-5,8,12H2,1-3H3,(H,34,35). The topological polar surface area (TPSA) is 60.9 Å². The van der Waals surface area contributed by atoms with Gasteiger partial charge in [-0.1, -0.05) is 12.1 Å². The van der Waals surface area contributed by atoms with Crippen molar-refractivity contribution in [1.82, 2.24) is 4.90 Å². The maximum atomic E-state index is 13.3. The molecule has 2 aromatic carbocycles. The lowest BCUT2D eigenvalue weighted by molar-refractivity contribution is -0.143. The number of nitrogens with zero attached hydrogens (tertiary/aromatic N) is 2. The van der Waals surface area contributed by atoms with Crippen LogP contribution in [0.5, 0.6) is 0 Å². The van der Waals surface area contributed by atoms with Gasteiger partial charge in [-0.05, 0) is 67.1 Å². The SMILES string of the molecule is CC(=O)N(Cc1cc(C(F)(F)F)cc(C(F)(F)F)c1)C1CCCN(C(=O)O)c2c1ccc(C)c2C. The summed E-state index contributed by atoms with van der Waals surface area (Å²) in [6.45, 7) is 4.33. The minimum atomic E-state index is -5.01. The average molecular weight is 502 g/mol. The molecule has 0 fully saturated rings. The molecule has 0 radical (unpaired) electrons. The van der Waals surface area contributed by atoms with Crippen LogP contribution in [-0.2, 0) is 23.7 Å². The van der Waals surface area contributed by atoms with Gasteiger partial charge < -0.3 is 10.0 Å². The van der Waals surface area contributed by atoms with Crippen molar-refractivity contribution < 1.29 is 41.0 Å². The van der Waals surface area contributed by atoms with Gasteiger partial charge >= 0.3 is 18.4 Å². The molecule has 3 rings (SSSR count). The van der Waals surface area contributed by atoms with Crippen molar-refractivity contribution in [2.24, 2.45) is 0 Å². The Morgan fingerprint density at radius 1 is 1.03 bits per heavy atom. The summed E-state index contributed by atoms with van der Waals surface area (Å²) in [5, 5.41) is 9.74. The first-order valence-electron chi connectivity index (χ1n) is 10.8. The van der Waals surface area contributed by atoms with Crippen LogP contribution in [0.3, 0.4) is 0 Å². The van der Waals surface area contributed by atoms with Crippen LogP contribution < -0.4 is 4.90 Å². The van der Waals surface area contributed by atoms with Gasteiger partial charge in [0.05, 0.1) is 22.9 Å². The smallest absolute Gasteiger partial charge is 0.416 e. The van der Waals surface area contributed by atoms with Gasteiger partial charge in [-0.15, -0.1) is 0 Å². The van der Waals surface area contributed by atoms with Crippen molar-refractivity contribution in [2.75, 3.05) is 11.4 Å². The van der Waals surface area contributed by atoms with Crippen molar-refractivity contribution in [3.63, 3.8) is 0 Å². The molecule has 0 bridgehead atoms. The third-order valence-corrected chi connectivity index (χ3v) is 6.23. The second kappa shape index (κ2) is 9.43. The summed E-state index contributed by atoms with van der Waals surface area (Å²) >= 11 is 0. The summed E-state index contributed by atoms with van der Waals surface area (Å²) in [5.41, 5.74) is -0.924. The van der Waals surface area contributed by atoms with Crippen molar-refractivity contribution in [3.05, 3.63) is 63.7 Å². The number of rotatable bonds is 3. The molecule has 2 aromatic rings. The number of fused-ring (bicyclic) bond motifs is 1. The van der Waals surface area contributed by atoms with E-state index in [9.17, 15) is 41.0 Å². The number of carboxylic acid groups (broad SMARTS) is 1. The zero-order chi connectivity index (χ0) is 26.3. The van der Waals surface area contributed by atoms with Crippen molar-refractivity contribution in [1.29, 1.82) is 0 Å². The molecule has 1 unspecified atom stereocenters. The first-order valence-corrected chi connectivity index (χ1v) is 10.8. The summed E-state index contributed by atoms with van der Waals surface area (Å²) in [5.74, 6) is -0.561. The van der Waals surface area contributed by atoms with Crippen molar-refractivity contribution in [3.8, 4) is 0 Å². The molecule has 2 amide bonds. The Morgan fingerprint density at radius 2 is 1.60 bits per heavy atom. The van der Waals surface area contributed by atoms with Crippen LogP contribution in [0.4, 0.5) is 36.8 Å². The second-order valence-electron chi connectivity index (χ2n) is 8.60. The van der Waals surface area contributed by atoms with Gasteiger partial charge in [-0.3, -0.25) is 9.69 Å². The van der Waals surface area contributed by atoms with Crippen LogP contribution in [0.15, 0.2) is 30.3 Å². The van der Waals surface area contributed by atoms with E-state index in [1.807, 2.05) is 0 Å². The van der Waals surface area contributed by atoms with Gasteiger partial charge in [0.1, 0.15) is 0 Å². The monoisotopic (exact) mass is 502 g/mol. The molecular formula is C24H24F6N2O3. The molecular weight excluding hydrogens is 478 g/mol. The zero-order valence-electron chi connectivity index (χ0n) is 19.2. The molecule has 1 aliphatic heterocycles. The zero-order valence-corrected chi connectivity index (χ0v) is 19.2. The third-order valence-electron chi connectivity index (χ3n) is 6.23. The molecule has 1 aliphatic rings. The number of aryl methyl sites for hydroxylation is 1. The maximum absolute atomic E-state index is 13.3. The third kappa shape index (κ3) is 5.54. The van der Waals surface area contributed by atoms with Crippen LogP contribution in [0, 0.1) is 13.8 Å². The molecule has 0 aliphatic carbocycles. The van der Waals surface area contributed by atoms with Crippen LogP contribution in [-0.4, -0.2) is 28.6 Å². The van der Waals surface area contributed by atoms with E-state index in [1.165, 1.54) is 16.7 Å². The Balaban J connectivity index is 2.13. The fourth-order valence-electron chi connectivity index (χ4n) is 4.42. The molecule has 190 valence electrons. The maximum Gasteiger partial charge on any atom is 0.416 e. The number of hydrogen-bond donors (Lipinski definition) is 1. The predicted octanol–water partition coefficient (Wildman–Crippen LogP) is 6.71. The molecule has 35 heavy (non-hydrogen) atoms. The Hall–Kier alpha value is -3.24. The number of carbonyl (C=O) groups excluding carboxylic acids is 1. The predicted molar refractivity (Wildman–Crippen MR) is 116 cm³/mol. The van der Waals surface area contributed by atoms with Gasteiger partial charge in [0.25, 0.3) is 0 Å². The molecule has 5 nitrogen and oxygen atoms in total. The summed E-state index contributed by atoms with van der Waals surface area (Å²) in [6.07, 6.45) is -10.6. The number of benzene rings is 2. The largest absolute Gasteiger partial charge is 0.465 e. The summed E-state index contributed by atoms with van der Waals surface area (Å²) in [7, 11) is 0. The first-order chi connectivity index (χ1) is 16.1. The van der Waals surface area contributed by atoms with Crippen LogP contribution in [0.2, 0.25) is 0 Å². The van der Waals surface area contributed by atoms with Crippen LogP contribution in [0.1, 0.15) is 59.2 Å². The van der Waals surface area contributed by atoms with Crippen LogP contribution >= 0.6 is 0 Å². The van der Waals surface area contributed by atoms with E-state index in [1.54, 1.807) is 26.0 Å². The van der Waals surface area contributed by atoms with Crippen molar-refractivity contribution >= 4 is 17.7 Å². The minimum absolute atomic E-state index is 0.0411. The second-order valence-corrected chi connectivity index (χ2v) is 8.60. The lowest BCUT2D eigenvalue weighted by Gasteiger charge is -2.33. The van der Waals surface area contributed by atoms with E-state index in [-0.39, 0.29) is 24.6 Å². The highest BCUT2D eigenvalue weighted by atomic mass is 19.4. The fourth-order valence-corrected chi connectivity index (χ4v) is 4.42. The normalized spacial score (nSPS) is 16.5. The molecule has 0 aromatic heterocycles. The molecule has 11 heteroatoms. The quantitative estimate of drug-likeness (QED) is 0.475. The van der Waals surface area contributed by atoms with E-state index in [2.05, 4.69) is 0 Å². The molecule has 1 atom stereocenters. The minimum Gasteiger partial charge on any atom is -0.465 e. The number of halogens is 6. The van der Waals surface area contributed by atoms with E-state index >= 15 is 0 Å². The highest BCUT2D eigenvalue weighted by Gasteiger charge is 2.38. The van der Waals surface area contributed by atoms with Gasteiger partial charge in [0, 0.05) is 20.0 Å². The van der Waals surface area contributed by atoms with Gasteiger partial charge in [-0.25, -0.2) is 4.79 Å². The van der Waals surface area contributed by atoms with E-state index in [4.69, 9.17) is 0 Å². The lowest BCUT2D eigenvalue weighted by Crippen LogP contribution is -2.34. The summed E-state index contributed by atoms with van der Waals surface area (Å²) < 4.78 is 80.0. The summed E-state index contributed by atoms with van der Waals surface area (Å²) in [4.78, 5) is 27.0. The Bertz CT molecular complexity index is 1110. The highest BCUT2D eigenvalue weighted by molar-refractivity contribution is 5.89. The average Bonchev–Trinajstić information content (AvgIpc) is 2.93. The summed E-state index contributed by atoms with van der Waals surface area (Å²) in [6, 6.07) is 3.91. The molecule has 1 N–H and O–H groups in total. The van der Waals surface area contributed by atoms with E-state index < -0.39 is 48.1 Å². The van der Waals surface area contributed by atoms with Gasteiger partial charge in [0.15, 0.2) is 0 Å². The first kappa shape index (κ1) is 26.4. The van der Waals surface area contributed by atoms with Gasteiger partial charge in [-0.2, -0.15) is 26.3 Å². The fraction of sp³-hybridized carbons (Fsp3) is 0.417. The Morgan fingerprint density at radius 3 is 2.09 bits per heavy atom. The Kier molecular flexibility index (Phi) is 7.10. The van der Waals surface area contributed by atoms with Crippen LogP contribution in [0.25, 0.3) is 0 Å². The van der Waals surface area contributed by atoms with Gasteiger partial charge in [0.2, 0.25) is 5.91 Å². The number of carbonyl (C=O) groups is 2. The van der Waals surface area contributed by atoms with E-state index in [0.29, 0.717) is 35.4 Å².